The Morgan fingerprint density at radius 1 is 0.895 bits per heavy atom. The van der Waals surface area contributed by atoms with Crippen molar-refractivity contribution in [1.82, 2.24) is 5.32 Å². The van der Waals surface area contributed by atoms with Crippen LogP contribution >= 0.6 is 0 Å². The van der Waals surface area contributed by atoms with E-state index in [2.05, 4.69) is 48.6 Å². The Balaban J connectivity index is 1.63. The highest BCUT2D eigenvalue weighted by molar-refractivity contribution is 5.27. The molecule has 0 heterocycles. The van der Waals surface area contributed by atoms with Crippen LogP contribution in [0.15, 0.2) is 54.6 Å². The standard InChI is InChI=1S/C17H21NO/c1-2-15-8-10-17(11-9-15)19-13-12-18-14-16-6-4-3-5-7-16/h3-11,18H,2,12-14H2,1H3. The molecule has 0 saturated heterocycles. The topological polar surface area (TPSA) is 21.3 Å². The van der Waals surface area contributed by atoms with E-state index in [1.807, 2.05) is 18.2 Å². The molecule has 0 unspecified atom stereocenters. The Bertz CT molecular complexity index is 464. The van der Waals surface area contributed by atoms with Crippen LogP contribution in [-0.2, 0) is 13.0 Å². The van der Waals surface area contributed by atoms with Crippen molar-refractivity contribution < 1.29 is 4.74 Å². The van der Waals surface area contributed by atoms with E-state index < -0.39 is 0 Å². The van der Waals surface area contributed by atoms with E-state index >= 15 is 0 Å². The van der Waals surface area contributed by atoms with Gasteiger partial charge in [-0.25, -0.2) is 0 Å². The molecule has 0 fully saturated rings. The zero-order chi connectivity index (χ0) is 13.3. The Morgan fingerprint density at radius 3 is 2.32 bits per heavy atom. The molecule has 2 aromatic carbocycles. The number of nitrogens with one attached hydrogen (secondary N) is 1. The van der Waals surface area contributed by atoms with Gasteiger partial charge in [-0.3, -0.25) is 0 Å². The van der Waals surface area contributed by atoms with Gasteiger partial charge in [-0.2, -0.15) is 0 Å². The first-order valence-corrected chi connectivity index (χ1v) is 6.85. The molecule has 0 aromatic heterocycles. The summed E-state index contributed by atoms with van der Waals surface area (Å²) >= 11 is 0. The van der Waals surface area contributed by atoms with Crippen LogP contribution in [-0.4, -0.2) is 13.2 Å². The van der Waals surface area contributed by atoms with E-state index in [4.69, 9.17) is 4.74 Å². The molecule has 0 amide bonds. The average Bonchev–Trinajstić information content (AvgIpc) is 2.49. The Kier molecular flexibility index (Phi) is 5.45. The second-order valence-corrected chi connectivity index (χ2v) is 4.51. The maximum absolute atomic E-state index is 5.68. The molecule has 0 bridgehead atoms. The molecule has 19 heavy (non-hydrogen) atoms. The summed E-state index contributed by atoms with van der Waals surface area (Å²) < 4.78 is 5.68. The second-order valence-electron chi connectivity index (χ2n) is 4.51. The van der Waals surface area contributed by atoms with Crippen LogP contribution < -0.4 is 10.1 Å². The van der Waals surface area contributed by atoms with Crippen LogP contribution in [0.1, 0.15) is 18.1 Å². The van der Waals surface area contributed by atoms with Gasteiger partial charge < -0.3 is 10.1 Å². The molecule has 0 aliphatic rings. The summed E-state index contributed by atoms with van der Waals surface area (Å²) in [6.45, 7) is 4.59. The summed E-state index contributed by atoms with van der Waals surface area (Å²) in [6.07, 6.45) is 1.07. The summed E-state index contributed by atoms with van der Waals surface area (Å²) in [7, 11) is 0. The number of ether oxygens (including phenoxy) is 1. The Labute approximate surface area is 115 Å². The van der Waals surface area contributed by atoms with Crippen molar-refractivity contribution in [2.75, 3.05) is 13.2 Å². The third-order valence-electron chi connectivity index (χ3n) is 3.05. The van der Waals surface area contributed by atoms with Crippen molar-refractivity contribution in [3.05, 3.63) is 65.7 Å². The third kappa shape index (κ3) is 4.76. The molecule has 0 atom stereocenters. The van der Waals surface area contributed by atoms with Crippen molar-refractivity contribution >= 4 is 0 Å². The first-order chi connectivity index (χ1) is 9.38. The smallest absolute Gasteiger partial charge is 0.119 e. The number of benzene rings is 2. The van der Waals surface area contributed by atoms with E-state index in [0.29, 0.717) is 6.61 Å². The number of rotatable bonds is 7. The van der Waals surface area contributed by atoms with Crippen molar-refractivity contribution in [2.45, 2.75) is 19.9 Å². The van der Waals surface area contributed by atoms with Gasteiger partial charge >= 0.3 is 0 Å². The van der Waals surface area contributed by atoms with Crippen LogP contribution in [0.3, 0.4) is 0 Å². The third-order valence-corrected chi connectivity index (χ3v) is 3.05. The van der Waals surface area contributed by atoms with E-state index in [9.17, 15) is 0 Å². The van der Waals surface area contributed by atoms with Crippen LogP contribution in [0, 0.1) is 0 Å². The summed E-state index contributed by atoms with van der Waals surface area (Å²) in [6, 6.07) is 18.7. The minimum Gasteiger partial charge on any atom is -0.492 e. The molecule has 2 nitrogen and oxygen atoms in total. The average molecular weight is 255 g/mol. The van der Waals surface area contributed by atoms with Gasteiger partial charge in [0.25, 0.3) is 0 Å². The first-order valence-electron chi connectivity index (χ1n) is 6.85. The fourth-order valence-corrected chi connectivity index (χ4v) is 1.89. The first kappa shape index (κ1) is 13.6. The molecular formula is C17H21NO. The molecule has 100 valence electrons. The second kappa shape index (κ2) is 7.59. The van der Waals surface area contributed by atoms with Crippen molar-refractivity contribution in [1.29, 1.82) is 0 Å². The molecule has 2 heteroatoms. The highest BCUT2D eigenvalue weighted by Gasteiger charge is 1.95. The zero-order valence-electron chi connectivity index (χ0n) is 11.4. The monoisotopic (exact) mass is 255 g/mol. The van der Waals surface area contributed by atoms with Gasteiger partial charge in [0, 0.05) is 13.1 Å². The minimum absolute atomic E-state index is 0.693. The van der Waals surface area contributed by atoms with E-state index in [1.54, 1.807) is 0 Å². The molecular weight excluding hydrogens is 234 g/mol. The van der Waals surface area contributed by atoms with E-state index in [-0.39, 0.29) is 0 Å². The molecule has 0 spiro atoms. The normalized spacial score (nSPS) is 10.4. The van der Waals surface area contributed by atoms with Gasteiger partial charge in [-0.15, -0.1) is 0 Å². The predicted octanol–water partition coefficient (Wildman–Crippen LogP) is 3.42. The van der Waals surface area contributed by atoms with Gasteiger partial charge in [0.05, 0.1) is 0 Å². The maximum atomic E-state index is 5.68. The lowest BCUT2D eigenvalue weighted by Crippen LogP contribution is -2.20. The molecule has 0 radical (unpaired) electrons. The van der Waals surface area contributed by atoms with Crippen molar-refractivity contribution in [3.63, 3.8) is 0 Å². The van der Waals surface area contributed by atoms with Crippen LogP contribution in [0.2, 0.25) is 0 Å². The van der Waals surface area contributed by atoms with E-state index in [0.717, 1.165) is 25.3 Å². The fourth-order valence-electron chi connectivity index (χ4n) is 1.89. The number of aryl methyl sites for hydroxylation is 1. The molecule has 2 rings (SSSR count). The summed E-state index contributed by atoms with van der Waals surface area (Å²) in [4.78, 5) is 0. The van der Waals surface area contributed by atoms with Gasteiger partial charge in [0.2, 0.25) is 0 Å². The summed E-state index contributed by atoms with van der Waals surface area (Å²) in [5.74, 6) is 0.943. The summed E-state index contributed by atoms with van der Waals surface area (Å²) in [5, 5.41) is 3.37. The quantitative estimate of drug-likeness (QED) is 0.765. The fraction of sp³-hybridized carbons (Fsp3) is 0.294. The highest BCUT2D eigenvalue weighted by atomic mass is 16.5. The molecule has 0 aliphatic heterocycles. The number of hydrogen-bond donors (Lipinski definition) is 1. The van der Waals surface area contributed by atoms with Crippen LogP contribution in [0.25, 0.3) is 0 Å². The van der Waals surface area contributed by atoms with Gasteiger partial charge in [-0.05, 0) is 29.7 Å². The lowest BCUT2D eigenvalue weighted by molar-refractivity contribution is 0.313. The number of hydrogen-bond acceptors (Lipinski definition) is 2. The molecule has 2 aromatic rings. The van der Waals surface area contributed by atoms with E-state index in [1.165, 1.54) is 11.1 Å². The van der Waals surface area contributed by atoms with Crippen LogP contribution in [0.5, 0.6) is 5.75 Å². The SMILES string of the molecule is CCc1ccc(OCCNCc2ccccc2)cc1. The predicted molar refractivity (Wildman–Crippen MR) is 79.5 cm³/mol. The van der Waals surface area contributed by atoms with Gasteiger partial charge in [0.1, 0.15) is 12.4 Å². The lowest BCUT2D eigenvalue weighted by Gasteiger charge is -2.08. The highest BCUT2D eigenvalue weighted by Crippen LogP contribution is 2.12. The molecule has 1 N–H and O–H groups in total. The van der Waals surface area contributed by atoms with Crippen molar-refractivity contribution in [2.24, 2.45) is 0 Å². The summed E-state index contributed by atoms with van der Waals surface area (Å²) in [5.41, 5.74) is 2.64. The Morgan fingerprint density at radius 2 is 1.63 bits per heavy atom. The zero-order valence-corrected chi connectivity index (χ0v) is 11.4. The minimum atomic E-state index is 0.693. The van der Waals surface area contributed by atoms with Crippen molar-refractivity contribution in [3.8, 4) is 5.75 Å². The molecule has 0 aliphatic carbocycles. The molecule has 0 saturated carbocycles. The maximum Gasteiger partial charge on any atom is 0.119 e. The van der Waals surface area contributed by atoms with Gasteiger partial charge in [-0.1, -0.05) is 49.4 Å². The van der Waals surface area contributed by atoms with Crippen LogP contribution in [0.4, 0.5) is 0 Å². The largest absolute Gasteiger partial charge is 0.492 e. The Hall–Kier alpha value is -1.80. The van der Waals surface area contributed by atoms with Gasteiger partial charge in [0.15, 0.2) is 0 Å². The lowest BCUT2D eigenvalue weighted by atomic mass is 10.2.